The normalized spacial score (nSPS) is 28.8. The number of hydrogen-bond donors (Lipinski definition) is 0. The maximum absolute atomic E-state index is 12.3. The van der Waals surface area contributed by atoms with Crippen LogP contribution in [0.5, 0.6) is 0 Å². The minimum atomic E-state index is -0.977. The number of allylic oxidation sites excluding steroid dienone is 2. The van der Waals surface area contributed by atoms with Crippen LogP contribution in [0.15, 0.2) is 24.3 Å². The number of imide groups is 1. The van der Waals surface area contributed by atoms with E-state index in [1.165, 1.54) is 12.0 Å². The van der Waals surface area contributed by atoms with E-state index in [-0.39, 0.29) is 11.8 Å². The Morgan fingerprint density at radius 3 is 2.81 bits per heavy atom. The highest BCUT2D eigenvalue weighted by molar-refractivity contribution is 6.01. The topological polar surface area (TPSA) is 46.6 Å². The number of ether oxygens (including phenoxy) is 1. The van der Waals surface area contributed by atoms with Crippen molar-refractivity contribution in [3.05, 3.63) is 24.3 Å². The lowest BCUT2D eigenvalue weighted by Gasteiger charge is -2.31. The van der Waals surface area contributed by atoms with Gasteiger partial charge in [-0.05, 0) is 12.5 Å². The van der Waals surface area contributed by atoms with Crippen molar-refractivity contribution in [2.45, 2.75) is 24.9 Å². The largest absolute Gasteiger partial charge is 0.364 e. The van der Waals surface area contributed by atoms with Crippen LogP contribution in [0.2, 0.25) is 0 Å². The van der Waals surface area contributed by atoms with Crippen molar-refractivity contribution in [2.75, 3.05) is 13.7 Å². The zero-order valence-corrected chi connectivity index (χ0v) is 9.31. The molecular weight excluding hydrogens is 206 g/mol. The van der Waals surface area contributed by atoms with Crippen LogP contribution in [0.4, 0.5) is 0 Å². The van der Waals surface area contributed by atoms with E-state index in [4.69, 9.17) is 4.74 Å². The Bertz CT molecular complexity index is 372. The van der Waals surface area contributed by atoms with Gasteiger partial charge in [-0.3, -0.25) is 14.5 Å². The number of likely N-dealkylation sites (tertiary alicyclic amines) is 1. The van der Waals surface area contributed by atoms with Gasteiger partial charge in [0.2, 0.25) is 5.91 Å². The van der Waals surface area contributed by atoms with E-state index in [1.54, 1.807) is 12.2 Å². The SMILES string of the molecule is COC1(C(=O)N2CCCC2=O)C=CC=CC1. The monoisotopic (exact) mass is 221 g/mol. The molecule has 0 bridgehead atoms. The summed E-state index contributed by atoms with van der Waals surface area (Å²) in [6, 6.07) is 0. The van der Waals surface area contributed by atoms with Crippen LogP contribution >= 0.6 is 0 Å². The predicted molar refractivity (Wildman–Crippen MR) is 58.6 cm³/mol. The van der Waals surface area contributed by atoms with Gasteiger partial charge >= 0.3 is 0 Å². The van der Waals surface area contributed by atoms with E-state index < -0.39 is 5.60 Å². The van der Waals surface area contributed by atoms with Gasteiger partial charge in [-0.15, -0.1) is 0 Å². The zero-order valence-electron chi connectivity index (χ0n) is 9.31. The molecule has 2 rings (SSSR count). The maximum Gasteiger partial charge on any atom is 0.265 e. The number of methoxy groups -OCH3 is 1. The Morgan fingerprint density at radius 1 is 1.50 bits per heavy atom. The molecule has 86 valence electrons. The molecule has 0 aromatic rings. The third-order valence-corrected chi connectivity index (χ3v) is 3.08. The second-order valence-electron chi connectivity index (χ2n) is 4.04. The molecule has 1 heterocycles. The Hall–Kier alpha value is -1.42. The fourth-order valence-electron chi connectivity index (χ4n) is 2.09. The fourth-order valence-corrected chi connectivity index (χ4v) is 2.09. The van der Waals surface area contributed by atoms with E-state index in [1.807, 2.05) is 12.2 Å². The first-order valence-electron chi connectivity index (χ1n) is 5.44. The molecule has 0 radical (unpaired) electrons. The molecule has 0 N–H and O–H groups in total. The molecule has 0 aromatic heterocycles. The fraction of sp³-hybridized carbons (Fsp3) is 0.500. The summed E-state index contributed by atoms with van der Waals surface area (Å²) in [7, 11) is 1.50. The van der Waals surface area contributed by atoms with Gasteiger partial charge in [-0.25, -0.2) is 0 Å². The molecule has 0 saturated carbocycles. The van der Waals surface area contributed by atoms with Gasteiger partial charge in [-0.1, -0.05) is 18.2 Å². The minimum Gasteiger partial charge on any atom is -0.364 e. The first-order chi connectivity index (χ1) is 7.69. The lowest BCUT2D eigenvalue weighted by molar-refractivity contribution is -0.154. The highest BCUT2D eigenvalue weighted by Crippen LogP contribution is 2.26. The van der Waals surface area contributed by atoms with Crippen molar-refractivity contribution >= 4 is 11.8 Å². The third-order valence-electron chi connectivity index (χ3n) is 3.08. The van der Waals surface area contributed by atoms with Gasteiger partial charge in [0.05, 0.1) is 0 Å². The third kappa shape index (κ3) is 1.69. The molecule has 1 aliphatic heterocycles. The van der Waals surface area contributed by atoms with Gasteiger partial charge in [0.15, 0.2) is 5.60 Å². The highest BCUT2D eigenvalue weighted by atomic mass is 16.5. The van der Waals surface area contributed by atoms with Gasteiger partial charge in [0.25, 0.3) is 5.91 Å². The van der Waals surface area contributed by atoms with Crippen molar-refractivity contribution in [3.8, 4) is 0 Å². The number of hydrogen-bond acceptors (Lipinski definition) is 3. The van der Waals surface area contributed by atoms with E-state index in [9.17, 15) is 9.59 Å². The van der Waals surface area contributed by atoms with Crippen LogP contribution in [0, 0.1) is 0 Å². The molecular formula is C12H15NO3. The lowest BCUT2D eigenvalue weighted by atomic mass is 9.93. The molecule has 1 aliphatic carbocycles. The van der Waals surface area contributed by atoms with Crippen molar-refractivity contribution in [3.63, 3.8) is 0 Å². The summed E-state index contributed by atoms with van der Waals surface area (Å²) in [5.74, 6) is -0.331. The summed E-state index contributed by atoms with van der Waals surface area (Å²) in [5.41, 5.74) is -0.977. The van der Waals surface area contributed by atoms with Crippen LogP contribution in [0.3, 0.4) is 0 Å². The molecule has 2 amide bonds. The first kappa shape index (κ1) is 11.1. The van der Waals surface area contributed by atoms with Crippen molar-refractivity contribution in [1.82, 2.24) is 4.90 Å². The van der Waals surface area contributed by atoms with Crippen molar-refractivity contribution in [2.24, 2.45) is 0 Å². The summed E-state index contributed by atoms with van der Waals surface area (Å²) in [4.78, 5) is 25.1. The average molecular weight is 221 g/mol. The minimum absolute atomic E-state index is 0.0932. The second-order valence-corrected chi connectivity index (χ2v) is 4.04. The smallest absolute Gasteiger partial charge is 0.265 e. The predicted octanol–water partition coefficient (Wildman–Crippen LogP) is 1.04. The molecule has 16 heavy (non-hydrogen) atoms. The number of amides is 2. The van der Waals surface area contributed by atoms with Crippen LogP contribution in [-0.2, 0) is 14.3 Å². The second kappa shape index (κ2) is 4.22. The van der Waals surface area contributed by atoms with Crippen molar-refractivity contribution in [1.29, 1.82) is 0 Å². The van der Waals surface area contributed by atoms with Crippen LogP contribution in [0.25, 0.3) is 0 Å². The van der Waals surface area contributed by atoms with Crippen LogP contribution < -0.4 is 0 Å². The number of carbonyl (C=O) groups excluding carboxylic acids is 2. The van der Waals surface area contributed by atoms with Gasteiger partial charge in [0, 0.05) is 26.5 Å². The Labute approximate surface area is 94.6 Å². The van der Waals surface area contributed by atoms with Crippen LogP contribution in [-0.4, -0.2) is 36.0 Å². The molecule has 0 spiro atoms. The average Bonchev–Trinajstić information content (AvgIpc) is 2.75. The Morgan fingerprint density at radius 2 is 2.31 bits per heavy atom. The maximum atomic E-state index is 12.3. The molecule has 1 atom stereocenters. The summed E-state index contributed by atoms with van der Waals surface area (Å²) < 4.78 is 5.32. The summed E-state index contributed by atoms with van der Waals surface area (Å²) in [6.07, 6.45) is 8.96. The van der Waals surface area contributed by atoms with Gasteiger partial charge < -0.3 is 4.74 Å². The molecule has 2 aliphatic rings. The summed E-state index contributed by atoms with van der Waals surface area (Å²) in [6.45, 7) is 0.514. The lowest BCUT2D eigenvalue weighted by Crippen LogP contribution is -2.49. The molecule has 4 heteroatoms. The van der Waals surface area contributed by atoms with E-state index in [0.29, 0.717) is 19.4 Å². The number of nitrogens with zero attached hydrogens (tertiary/aromatic N) is 1. The summed E-state index contributed by atoms with van der Waals surface area (Å²) >= 11 is 0. The van der Waals surface area contributed by atoms with E-state index >= 15 is 0 Å². The zero-order chi connectivity index (χ0) is 11.6. The first-order valence-corrected chi connectivity index (χ1v) is 5.44. The highest BCUT2D eigenvalue weighted by Gasteiger charge is 2.42. The Kier molecular flexibility index (Phi) is 2.92. The van der Waals surface area contributed by atoms with Gasteiger partial charge in [-0.2, -0.15) is 0 Å². The molecule has 4 nitrogen and oxygen atoms in total. The molecule has 0 aromatic carbocycles. The molecule has 1 saturated heterocycles. The Balaban J connectivity index is 2.21. The van der Waals surface area contributed by atoms with Crippen molar-refractivity contribution < 1.29 is 14.3 Å². The van der Waals surface area contributed by atoms with E-state index in [2.05, 4.69) is 0 Å². The van der Waals surface area contributed by atoms with E-state index in [0.717, 1.165) is 6.42 Å². The summed E-state index contributed by atoms with van der Waals surface area (Å²) in [5, 5.41) is 0. The number of carbonyl (C=O) groups is 2. The molecule has 1 fully saturated rings. The van der Waals surface area contributed by atoms with Crippen LogP contribution in [0.1, 0.15) is 19.3 Å². The number of rotatable bonds is 2. The quantitative estimate of drug-likeness (QED) is 0.654. The molecule has 1 unspecified atom stereocenters. The van der Waals surface area contributed by atoms with Gasteiger partial charge in [0.1, 0.15) is 0 Å². The standard InChI is InChI=1S/C12H15NO3/c1-16-12(7-3-2-4-8-12)11(15)13-9-5-6-10(13)14/h2-4,7H,5-6,8-9H2,1H3.